The molecule has 0 bridgehead atoms. The van der Waals surface area contributed by atoms with Crippen LogP contribution in [0.2, 0.25) is 0 Å². The van der Waals surface area contributed by atoms with Gasteiger partial charge in [0.1, 0.15) is 0 Å². The SMILES string of the molecule is NCCS(=O)(=O)[O-].NCCS(=O)(=O)[O-].NCCS(=O)(=O)[O-].[K+].[Ni+2]. The number of hydrogen-bond donors (Lipinski definition) is 3. The molecule has 0 unspecified atom stereocenters. The molecule has 0 aliphatic rings. The molecule has 0 saturated heterocycles. The molecule has 0 atom stereocenters. The third kappa shape index (κ3) is 59.4. The fraction of sp³-hybridized carbons (Fsp3) is 1.00. The van der Waals surface area contributed by atoms with Gasteiger partial charge in [-0.2, -0.15) is 0 Å². The Morgan fingerprint density at radius 2 is 0.696 bits per heavy atom. The fourth-order valence-electron chi connectivity index (χ4n) is 0.433. The first-order valence-corrected chi connectivity index (χ1v) is 9.82. The molecule has 0 radical (unpaired) electrons. The van der Waals surface area contributed by atoms with E-state index in [1.807, 2.05) is 0 Å². The summed E-state index contributed by atoms with van der Waals surface area (Å²) in [5, 5.41) is 0. The van der Waals surface area contributed by atoms with Crippen molar-refractivity contribution in [1.29, 1.82) is 0 Å². The zero-order valence-corrected chi connectivity index (χ0v) is 18.8. The van der Waals surface area contributed by atoms with E-state index < -0.39 is 47.6 Å². The monoisotopic (exact) mass is 469 g/mol. The molecule has 23 heavy (non-hydrogen) atoms. The third-order valence-corrected chi connectivity index (χ3v) is 3.31. The second kappa shape index (κ2) is 18.5. The standard InChI is InChI=1S/3C2H7NO3S.K.Ni/c3*3-1-2-7(4,5)6;;/h3*1-3H2,(H,4,5,6);;/q;;;+1;+2/p-3. The summed E-state index contributed by atoms with van der Waals surface area (Å²) in [4.78, 5) is 0. The quantitative estimate of drug-likeness (QED) is 0.242. The summed E-state index contributed by atoms with van der Waals surface area (Å²) in [7, 11) is -12.1. The molecule has 0 amide bonds. The second-order valence-corrected chi connectivity index (χ2v) is 7.72. The van der Waals surface area contributed by atoms with Gasteiger partial charge in [-0.15, -0.1) is 0 Å². The molecule has 140 valence electrons. The van der Waals surface area contributed by atoms with Crippen LogP contribution in [-0.4, -0.2) is 75.8 Å². The first-order valence-electron chi connectivity index (χ1n) is 5.09. The minimum Gasteiger partial charge on any atom is -0.748 e. The van der Waals surface area contributed by atoms with Crippen molar-refractivity contribution in [2.45, 2.75) is 0 Å². The minimum absolute atomic E-state index is 0. The van der Waals surface area contributed by atoms with E-state index in [2.05, 4.69) is 0 Å². The number of hydrogen-bond acceptors (Lipinski definition) is 12. The van der Waals surface area contributed by atoms with Crippen LogP contribution in [0.15, 0.2) is 0 Å². The topological polar surface area (TPSA) is 250 Å². The van der Waals surface area contributed by atoms with Crippen LogP contribution < -0.4 is 68.6 Å². The third-order valence-electron chi connectivity index (χ3n) is 1.10. The first-order chi connectivity index (χ1) is 9.18. The molecule has 0 aromatic carbocycles. The fourth-order valence-corrected chi connectivity index (χ4v) is 1.30. The maximum absolute atomic E-state index is 9.60. The molecule has 0 spiro atoms. The Balaban J connectivity index is -0.0000000675. The van der Waals surface area contributed by atoms with Crippen molar-refractivity contribution in [1.82, 2.24) is 0 Å². The summed E-state index contributed by atoms with van der Waals surface area (Å²) in [6.45, 7) is -0.274. The zero-order chi connectivity index (χ0) is 17.7. The molecule has 0 fully saturated rings. The van der Waals surface area contributed by atoms with Crippen molar-refractivity contribution in [3.63, 3.8) is 0 Å². The van der Waals surface area contributed by atoms with Gasteiger partial charge in [-0.1, -0.05) is 0 Å². The van der Waals surface area contributed by atoms with E-state index in [1.54, 1.807) is 0 Å². The molecule has 0 aliphatic heterocycles. The average Bonchev–Trinajstić information content (AvgIpc) is 2.12. The minimum atomic E-state index is -4.05. The van der Waals surface area contributed by atoms with Gasteiger partial charge in [0.2, 0.25) is 0 Å². The van der Waals surface area contributed by atoms with E-state index in [0.717, 1.165) is 0 Å². The smallest absolute Gasteiger partial charge is 0.748 e. The largest absolute Gasteiger partial charge is 2.00 e. The Morgan fingerprint density at radius 1 is 0.565 bits per heavy atom. The van der Waals surface area contributed by atoms with Crippen molar-refractivity contribution in [3.05, 3.63) is 0 Å². The Morgan fingerprint density at radius 3 is 0.696 bits per heavy atom. The molecular formula is C6H18KN3NiO9S3. The van der Waals surface area contributed by atoms with E-state index in [9.17, 15) is 38.9 Å². The predicted molar refractivity (Wildman–Crippen MR) is 70.9 cm³/mol. The summed E-state index contributed by atoms with van der Waals surface area (Å²) in [6, 6.07) is 0. The molecule has 0 aromatic rings. The van der Waals surface area contributed by atoms with Gasteiger partial charge in [-0.3, -0.25) is 0 Å². The molecule has 6 N–H and O–H groups in total. The molecule has 0 heterocycles. The summed E-state index contributed by atoms with van der Waals surface area (Å²) < 4.78 is 86.4. The van der Waals surface area contributed by atoms with E-state index in [-0.39, 0.29) is 87.5 Å². The Hall–Kier alpha value is 1.74. The number of nitrogens with two attached hydrogens (primary N) is 3. The van der Waals surface area contributed by atoms with E-state index in [1.165, 1.54) is 0 Å². The van der Waals surface area contributed by atoms with Gasteiger partial charge >= 0.3 is 67.9 Å². The predicted octanol–water partition coefficient (Wildman–Crippen LogP) is -7.53. The van der Waals surface area contributed by atoms with Crippen LogP contribution in [0.4, 0.5) is 0 Å². The van der Waals surface area contributed by atoms with Crippen LogP contribution in [0.25, 0.3) is 0 Å². The second-order valence-electron chi connectivity index (χ2n) is 3.15. The van der Waals surface area contributed by atoms with Crippen LogP contribution in [0.3, 0.4) is 0 Å². The van der Waals surface area contributed by atoms with Crippen molar-refractivity contribution >= 4 is 30.4 Å². The summed E-state index contributed by atoms with van der Waals surface area (Å²) in [5.74, 6) is -1.40. The maximum atomic E-state index is 9.60. The van der Waals surface area contributed by atoms with Gasteiger partial charge in [0, 0.05) is 19.6 Å². The van der Waals surface area contributed by atoms with Gasteiger partial charge in [0.15, 0.2) is 0 Å². The summed E-state index contributed by atoms with van der Waals surface area (Å²) >= 11 is 0. The van der Waals surface area contributed by atoms with Crippen LogP contribution in [-0.2, 0) is 46.8 Å². The van der Waals surface area contributed by atoms with E-state index >= 15 is 0 Å². The van der Waals surface area contributed by atoms with Crippen molar-refractivity contribution in [3.8, 4) is 0 Å². The Labute approximate surface area is 188 Å². The molecule has 0 aromatic heterocycles. The zero-order valence-electron chi connectivity index (χ0n) is 12.2. The Bertz CT molecular complexity index is 470. The molecule has 0 rings (SSSR count). The normalized spacial score (nSPS) is 10.7. The van der Waals surface area contributed by atoms with Gasteiger partial charge < -0.3 is 30.9 Å². The summed E-state index contributed by atoms with van der Waals surface area (Å²) in [6.07, 6.45) is 0. The van der Waals surface area contributed by atoms with Crippen LogP contribution >= 0.6 is 0 Å². The van der Waals surface area contributed by atoms with Crippen molar-refractivity contribution in [2.24, 2.45) is 17.2 Å². The van der Waals surface area contributed by atoms with Crippen LogP contribution in [0, 0.1) is 0 Å². The van der Waals surface area contributed by atoms with Crippen LogP contribution in [0.1, 0.15) is 0 Å². The summed E-state index contributed by atoms with van der Waals surface area (Å²) in [5.41, 5.74) is 14.2. The van der Waals surface area contributed by atoms with Gasteiger partial charge in [-0.25, -0.2) is 25.3 Å². The molecule has 12 nitrogen and oxygen atoms in total. The average molecular weight is 470 g/mol. The molecule has 0 aliphatic carbocycles. The van der Waals surface area contributed by atoms with Crippen molar-refractivity contribution < 1.29 is 107 Å². The van der Waals surface area contributed by atoms with Gasteiger partial charge in [-0.05, 0) is 0 Å². The van der Waals surface area contributed by atoms with E-state index in [0.29, 0.717) is 0 Å². The molecular weight excluding hydrogens is 452 g/mol. The first kappa shape index (κ1) is 35.8. The van der Waals surface area contributed by atoms with Crippen molar-refractivity contribution in [2.75, 3.05) is 36.9 Å². The van der Waals surface area contributed by atoms with E-state index in [4.69, 9.17) is 17.2 Å². The van der Waals surface area contributed by atoms with Gasteiger partial charge in [0.05, 0.1) is 47.6 Å². The molecule has 0 saturated carbocycles. The van der Waals surface area contributed by atoms with Crippen LogP contribution in [0.5, 0.6) is 0 Å². The maximum Gasteiger partial charge on any atom is 2.00 e. The Kier molecular flexibility index (Phi) is 28.8. The number of rotatable bonds is 6. The van der Waals surface area contributed by atoms with Gasteiger partial charge in [0.25, 0.3) is 0 Å². The molecule has 17 heteroatoms.